The zero-order chi connectivity index (χ0) is 21.3. The van der Waals surface area contributed by atoms with Gasteiger partial charge in [-0.25, -0.2) is 8.42 Å². The van der Waals surface area contributed by atoms with E-state index in [9.17, 15) is 13.2 Å². The zero-order valence-electron chi connectivity index (χ0n) is 16.8. The molecule has 1 aromatic heterocycles. The molecule has 152 valence electrons. The molecule has 0 radical (unpaired) electrons. The Labute approximate surface area is 176 Å². The second kappa shape index (κ2) is 8.05. The summed E-state index contributed by atoms with van der Waals surface area (Å²) in [6.07, 6.45) is 1.64. The molecular weight excluding hydrogens is 408 g/mol. The van der Waals surface area contributed by atoms with Crippen LogP contribution in [0, 0.1) is 13.8 Å². The van der Waals surface area contributed by atoms with Gasteiger partial charge in [0.1, 0.15) is 0 Å². The van der Waals surface area contributed by atoms with E-state index in [1.807, 2.05) is 61.9 Å². The maximum Gasteiger partial charge on any atom is 0.229 e. The summed E-state index contributed by atoms with van der Waals surface area (Å²) in [7, 11) is -1.47. The normalized spacial score (nSPS) is 11.5. The average molecular weight is 431 g/mol. The zero-order valence-corrected chi connectivity index (χ0v) is 18.4. The van der Waals surface area contributed by atoms with Crippen molar-refractivity contribution in [3.05, 3.63) is 87.2 Å². The average Bonchev–Trinajstić information content (AvgIpc) is 2.85. The quantitative estimate of drug-likeness (QED) is 0.586. The summed E-state index contributed by atoms with van der Waals surface area (Å²) in [6, 6.07) is 14.6. The summed E-state index contributed by atoms with van der Waals surface area (Å²) in [5, 5.41) is 0.571. The van der Waals surface area contributed by atoms with Crippen molar-refractivity contribution in [2.24, 2.45) is 7.05 Å². The molecule has 0 amide bonds. The van der Waals surface area contributed by atoms with Crippen LogP contribution >= 0.6 is 11.6 Å². The number of hydrogen-bond donors (Lipinski definition) is 1. The SMILES string of the molecule is Cc1ccc(C(=O)c2c(C)c(Cl)c(Cc3ccc(NS(C)(=O)=O)cc3)n2C)cc1. The first-order chi connectivity index (χ1) is 13.6. The number of aromatic nitrogens is 1. The minimum Gasteiger partial charge on any atom is -0.343 e. The molecule has 0 fully saturated rings. The minimum absolute atomic E-state index is 0.0640. The third-order valence-corrected chi connectivity index (χ3v) is 5.94. The molecule has 0 aliphatic heterocycles. The van der Waals surface area contributed by atoms with Crippen LogP contribution in [0.1, 0.15) is 38.4 Å². The van der Waals surface area contributed by atoms with Crippen LogP contribution in [0.3, 0.4) is 0 Å². The van der Waals surface area contributed by atoms with Crippen molar-refractivity contribution >= 4 is 33.1 Å². The number of halogens is 1. The van der Waals surface area contributed by atoms with Crippen molar-refractivity contribution in [2.45, 2.75) is 20.3 Å². The van der Waals surface area contributed by atoms with Crippen molar-refractivity contribution in [3.8, 4) is 0 Å². The summed E-state index contributed by atoms with van der Waals surface area (Å²) in [6.45, 7) is 3.83. The lowest BCUT2D eigenvalue weighted by molar-refractivity contribution is 0.103. The molecule has 3 aromatic rings. The fraction of sp³-hybridized carbons (Fsp3) is 0.227. The third-order valence-electron chi connectivity index (χ3n) is 4.84. The van der Waals surface area contributed by atoms with Crippen LogP contribution in [-0.4, -0.2) is 25.0 Å². The van der Waals surface area contributed by atoms with E-state index in [1.165, 1.54) is 0 Å². The van der Waals surface area contributed by atoms with Crippen LogP contribution in [0.15, 0.2) is 48.5 Å². The Bertz CT molecular complexity index is 1160. The fourth-order valence-electron chi connectivity index (χ4n) is 3.31. The van der Waals surface area contributed by atoms with Gasteiger partial charge in [-0.3, -0.25) is 9.52 Å². The molecular formula is C22H23ClN2O3S. The molecule has 1 N–H and O–H groups in total. The van der Waals surface area contributed by atoms with Crippen LogP contribution < -0.4 is 4.72 Å². The number of nitrogens with one attached hydrogen (secondary N) is 1. The Morgan fingerprint density at radius 2 is 1.62 bits per heavy atom. The van der Waals surface area contributed by atoms with Gasteiger partial charge in [-0.2, -0.15) is 0 Å². The Morgan fingerprint density at radius 1 is 1.03 bits per heavy atom. The van der Waals surface area contributed by atoms with E-state index in [0.29, 0.717) is 28.4 Å². The topological polar surface area (TPSA) is 68.2 Å². The second-order valence-corrected chi connectivity index (χ2v) is 9.36. The first-order valence-electron chi connectivity index (χ1n) is 9.08. The summed E-state index contributed by atoms with van der Waals surface area (Å²) in [5.41, 5.74) is 5.34. The monoisotopic (exact) mass is 430 g/mol. The predicted octanol–water partition coefficient (Wildman–Crippen LogP) is 4.49. The molecule has 3 rings (SSSR count). The third kappa shape index (κ3) is 4.71. The van der Waals surface area contributed by atoms with Crippen LogP contribution in [0.5, 0.6) is 0 Å². The second-order valence-electron chi connectivity index (χ2n) is 7.24. The standard InChI is InChI=1S/C22H23ClN2O3S/c1-14-5-9-17(10-6-14)22(26)21-15(2)20(23)19(25(21)3)13-16-7-11-18(12-8-16)24-29(4,27)28/h5-12,24H,13H2,1-4H3. The molecule has 0 spiro atoms. The highest BCUT2D eigenvalue weighted by molar-refractivity contribution is 7.92. The first-order valence-corrected chi connectivity index (χ1v) is 11.4. The summed E-state index contributed by atoms with van der Waals surface area (Å²) < 4.78 is 27.0. The fourth-order valence-corrected chi connectivity index (χ4v) is 4.16. The summed E-state index contributed by atoms with van der Waals surface area (Å²) in [4.78, 5) is 13.1. The first kappa shape index (κ1) is 21.1. The van der Waals surface area contributed by atoms with Gasteiger partial charge < -0.3 is 4.57 Å². The van der Waals surface area contributed by atoms with Crippen LogP contribution in [0.4, 0.5) is 5.69 Å². The lowest BCUT2D eigenvalue weighted by Gasteiger charge is -2.09. The predicted molar refractivity (Wildman–Crippen MR) is 117 cm³/mol. The molecule has 7 heteroatoms. The van der Waals surface area contributed by atoms with Crippen molar-refractivity contribution in [1.29, 1.82) is 0 Å². The lowest BCUT2D eigenvalue weighted by atomic mass is 10.0. The van der Waals surface area contributed by atoms with E-state index in [1.54, 1.807) is 12.1 Å². The number of rotatable bonds is 6. The van der Waals surface area contributed by atoms with Crippen LogP contribution in [-0.2, 0) is 23.5 Å². The van der Waals surface area contributed by atoms with Gasteiger partial charge in [-0.1, -0.05) is 53.6 Å². The van der Waals surface area contributed by atoms with E-state index in [-0.39, 0.29) is 5.78 Å². The van der Waals surface area contributed by atoms with Crippen molar-refractivity contribution in [2.75, 3.05) is 11.0 Å². The van der Waals surface area contributed by atoms with Crippen LogP contribution in [0.2, 0.25) is 5.02 Å². The van der Waals surface area contributed by atoms with E-state index in [4.69, 9.17) is 11.6 Å². The van der Waals surface area contributed by atoms with Crippen molar-refractivity contribution in [3.63, 3.8) is 0 Å². The van der Waals surface area contributed by atoms with Crippen molar-refractivity contribution < 1.29 is 13.2 Å². The number of ketones is 1. The number of aryl methyl sites for hydroxylation is 1. The summed E-state index contributed by atoms with van der Waals surface area (Å²) in [5.74, 6) is -0.0640. The van der Waals surface area contributed by atoms with E-state index < -0.39 is 10.0 Å². The molecule has 0 aliphatic rings. The molecule has 0 saturated carbocycles. The van der Waals surface area contributed by atoms with Gasteiger partial charge in [0.25, 0.3) is 0 Å². The van der Waals surface area contributed by atoms with Gasteiger partial charge in [0.05, 0.1) is 17.0 Å². The Morgan fingerprint density at radius 3 is 2.17 bits per heavy atom. The molecule has 0 saturated heterocycles. The van der Waals surface area contributed by atoms with E-state index in [0.717, 1.165) is 28.6 Å². The Balaban J connectivity index is 1.90. The highest BCUT2D eigenvalue weighted by atomic mass is 35.5. The van der Waals surface area contributed by atoms with Gasteiger partial charge in [0, 0.05) is 30.4 Å². The van der Waals surface area contributed by atoms with Gasteiger partial charge in [-0.15, -0.1) is 0 Å². The number of carbonyl (C=O) groups excluding carboxylic acids is 1. The largest absolute Gasteiger partial charge is 0.343 e. The number of hydrogen-bond acceptors (Lipinski definition) is 3. The highest BCUT2D eigenvalue weighted by Gasteiger charge is 2.23. The van der Waals surface area contributed by atoms with E-state index >= 15 is 0 Å². The molecule has 0 aliphatic carbocycles. The number of sulfonamides is 1. The van der Waals surface area contributed by atoms with Gasteiger partial charge >= 0.3 is 0 Å². The molecule has 0 bridgehead atoms. The molecule has 0 unspecified atom stereocenters. The van der Waals surface area contributed by atoms with Gasteiger partial charge in [0.15, 0.2) is 0 Å². The maximum absolute atomic E-state index is 13.1. The number of nitrogens with zero attached hydrogens (tertiary/aromatic N) is 1. The Hall–Kier alpha value is -2.57. The maximum atomic E-state index is 13.1. The molecule has 0 atom stereocenters. The lowest BCUT2D eigenvalue weighted by Crippen LogP contribution is -2.11. The Kier molecular flexibility index (Phi) is 5.87. The summed E-state index contributed by atoms with van der Waals surface area (Å²) >= 11 is 6.58. The minimum atomic E-state index is -3.32. The molecule has 5 nitrogen and oxygen atoms in total. The molecule has 29 heavy (non-hydrogen) atoms. The van der Waals surface area contributed by atoms with Crippen LogP contribution in [0.25, 0.3) is 0 Å². The van der Waals surface area contributed by atoms with Crippen molar-refractivity contribution in [1.82, 2.24) is 4.57 Å². The van der Waals surface area contributed by atoms with E-state index in [2.05, 4.69) is 4.72 Å². The molecule has 1 heterocycles. The van der Waals surface area contributed by atoms with Gasteiger partial charge in [0.2, 0.25) is 15.8 Å². The smallest absolute Gasteiger partial charge is 0.229 e. The number of anilines is 1. The molecule has 2 aromatic carbocycles. The number of carbonyl (C=O) groups is 1. The number of benzene rings is 2. The highest BCUT2D eigenvalue weighted by Crippen LogP contribution is 2.30. The van der Waals surface area contributed by atoms with Gasteiger partial charge in [-0.05, 0) is 37.1 Å².